The summed E-state index contributed by atoms with van der Waals surface area (Å²) in [6.45, 7) is 8.38. The van der Waals surface area contributed by atoms with Crippen molar-refractivity contribution >= 4 is 11.8 Å². The minimum Gasteiger partial charge on any atom is -0.339 e. The Kier molecular flexibility index (Phi) is 4.88. The average molecular weight is 340 g/mol. The highest BCUT2D eigenvalue weighted by atomic mass is 16.2. The molecule has 6 heteroatoms. The fraction of sp³-hybridized carbons (Fsp3) is 0.421. The number of benzene rings is 1. The number of carbonyl (C=O) groups is 2. The van der Waals surface area contributed by atoms with E-state index in [2.05, 4.69) is 17.2 Å². The minimum atomic E-state index is 0.0116. The van der Waals surface area contributed by atoms with E-state index in [1.807, 2.05) is 41.6 Å². The van der Waals surface area contributed by atoms with Crippen LogP contribution in [0, 0.1) is 13.8 Å². The topological polar surface area (TPSA) is 58.4 Å². The van der Waals surface area contributed by atoms with Crippen molar-refractivity contribution in [3.05, 3.63) is 52.8 Å². The van der Waals surface area contributed by atoms with Crippen molar-refractivity contribution in [2.75, 3.05) is 26.2 Å². The molecule has 0 bridgehead atoms. The lowest BCUT2D eigenvalue weighted by atomic mass is 10.1. The van der Waals surface area contributed by atoms with E-state index >= 15 is 0 Å². The van der Waals surface area contributed by atoms with Gasteiger partial charge in [-0.1, -0.05) is 30.3 Å². The normalized spacial score (nSPS) is 14.7. The van der Waals surface area contributed by atoms with Gasteiger partial charge in [0.05, 0.1) is 17.8 Å². The Morgan fingerprint density at radius 2 is 1.60 bits per heavy atom. The Labute approximate surface area is 148 Å². The third kappa shape index (κ3) is 3.57. The molecule has 0 aliphatic carbocycles. The monoisotopic (exact) mass is 340 g/mol. The zero-order chi connectivity index (χ0) is 18.0. The van der Waals surface area contributed by atoms with E-state index in [0.717, 1.165) is 17.0 Å². The van der Waals surface area contributed by atoms with Gasteiger partial charge in [-0.15, -0.1) is 0 Å². The summed E-state index contributed by atoms with van der Waals surface area (Å²) in [6.07, 6.45) is 0. The van der Waals surface area contributed by atoms with Crippen LogP contribution < -0.4 is 0 Å². The van der Waals surface area contributed by atoms with Crippen LogP contribution in [0.1, 0.15) is 34.2 Å². The van der Waals surface area contributed by atoms with Crippen LogP contribution in [-0.4, -0.2) is 57.6 Å². The Morgan fingerprint density at radius 1 is 1.00 bits per heavy atom. The average Bonchev–Trinajstić information content (AvgIpc) is 2.89. The summed E-state index contributed by atoms with van der Waals surface area (Å²) in [4.78, 5) is 28.0. The smallest absolute Gasteiger partial charge is 0.257 e. The van der Waals surface area contributed by atoms with Gasteiger partial charge in [-0.3, -0.25) is 14.3 Å². The van der Waals surface area contributed by atoms with Crippen molar-refractivity contribution in [2.45, 2.75) is 27.3 Å². The van der Waals surface area contributed by atoms with Crippen molar-refractivity contribution in [1.29, 1.82) is 0 Å². The Hall–Kier alpha value is -2.63. The van der Waals surface area contributed by atoms with Crippen LogP contribution in [0.5, 0.6) is 0 Å². The fourth-order valence-electron chi connectivity index (χ4n) is 3.30. The molecule has 0 atom stereocenters. The lowest BCUT2D eigenvalue weighted by Crippen LogP contribution is -2.50. The number of hydrogen-bond acceptors (Lipinski definition) is 3. The number of piperazine rings is 1. The molecule has 0 saturated carbocycles. The third-order valence-corrected chi connectivity index (χ3v) is 4.78. The quantitative estimate of drug-likeness (QED) is 0.857. The first-order valence-corrected chi connectivity index (χ1v) is 8.60. The first kappa shape index (κ1) is 17.2. The summed E-state index contributed by atoms with van der Waals surface area (Å²) >= 11 is 0. The van der Waals surface area contributed by atoms with E-state index in [9.17, 15) is 9.59 Å². The highest BCUT2D eigenvalue weighted by Crippen LogP contribution is 2.18. The van der Waals surface area contributed by atoms with E-state index in [1.54, 1.807) is 11.8 Å². The molecule has 1 aromatic heterocycles. The molecule has 0 spiro atoms. The van der Waals surface area contributed by atoms with E-state index < -0.39 is 0 Å². The van der Waals surface area contributed by atoms with Gasteiger partial charge in [0.25, 0.3) is 5.91 Å². The molecular weight excluding hydrogens is 316 g/mol. The van der Waals surface area contributed by atoms with Crippen molar-refractivity contribution in [2.24, 2.45) is 0 Å². The molecule has 0 unspecified atom stereocenters. The van der Waals surface area contributed by atoms with Crippen molar-refractivity contribution in [3.8, 4) is 0 Å². The van der Waals surface area contributed by atoms with Crippen LogP contribution in [-0.2, 0) is 11.3 Å². The summed E-state index contributed by atoms with van der Waals surface area (Å²) in [6, 6.07) is 10.1. The fourth-order valence-corrected chi connectivity index (χ4v) is 3.30. The predicted molar refractivity (Wildman–Crippen MR) is 95.4 cm³/mol. The van der Waals surface area contributed by atoms with Crippen LogP contribution in [0.3, 0.4) is 0 Å². The van der Waals surface area contributed by atoms with Crippen LogP contribution >= 0.6 is 0 Å². The number of aromatic nitrogens is 2. The second-order valence-corrected chi connectivity index (χ2v) is 6.49. The standard InChI is InChI=1S/C19H24N4O2/c1-14-18(19(25)22-11-9-21(10-12-22)16(3)24)15(2)23(20-14)13-17-7-5-4-6-8-17/h4-8H,9-13H2,1-3H3. The second-order valence-electron chi connectivity index (χ2n) is 6.49. The number of amides is 2. The molecule has 1 aromatic carbocycles. The van der Waals surface area contributed by atoms with Gasteiger partial charge in [0.15, 0.2) is 0 Å². The van der Waals surface area contributed by atoms with Gasteiger partial charge in [-0.2, -0.15) is 5.10 Å². The molecule has 0 N–H and O–H groups in total. The van der Waals surface area contributed by atoms with Gasteiger partial charge in [0, 0.05) is 38.8 Å². The van der Waals surface area contributed by atoms with Crippen LogP contribution in [0.4, 0.5) is 0 Å². The van der Waals surface area contributed by atoms with Gasteiger partial charge in [0.1, 0.15) is 0 Å². The summed E-state index contributed by atoms with van der Waals surface area (Å²) in [7, 11) is 0. The number of nitrogens with zero attached hydrogens (tertiary/aromatic N) is 4. The lowest BCUT2D eigenvalue weighted by Gasteiger charge is -2.34. The highest BCUT2D eigenvalue weighted by Gasteiger charge is 2.27. The zero-order valence-electron chi connectivity index (χ0n) is 15.0. The van der Waals surface area contributed by atoms with Crippen LogP contribution in [0.2, 0.25) is 0 Å². The van der Waals surface area contributed by atoms with E-state index in [1.165, 1.54) is 0 Å². The summed E-state index contributed by atoms with van der Waals surface area (Å²) in [5, 5.41) is 4.57. The summed E-state index contributed by atoms with van der Waals surface area (Å²) in [5.74, 6) is 0.0765. The highest BCUT2D eigenvalue weighted by molar-refractivity contribution is 5.96. The summed E-state index contributed by atoms with van der Waals surface area (Å²) in [5.41, 5.74) is 3.49. The lowest BCUT2D eigenvalue weighted by molar-refractivity contribution is -0.130. The van der Waals surface area contributed by atoms with E-state index in [0.29, 0.717) is 38.3 Å². The molecule has 2 heterocycles. The van der Waals surface area contributed by atoms with Crippen LogP contribution in [0.25, 0.3) is 0 Å². The molecule has 3 rings (SSSR count). The molecule has 6 nitrogen and oxygen atoms in total. The Morgan fingerprint density at radius 3 is 2.20 bits per heavy atom. The number of hydrogen-bond donors (Lipinski definition) is 0. The van der Waals surface area contributed by atoms with Crippen molar-refractivity contribution < 1.29 is 9.59 Å². The minimum absolute atomic E-state index is 0.0116. The SMILES string of the molecule is CC(=O)N1CCN(C(=O)c2c(C)nn(Cc3ccccc3)c2C)CC1. The first-order valence-electron chi connectivity index (χ1n) is 8.60. The zero-order valence-corrected chi connectivity index (χ0v) is 15.0. The number of carbonyl (C=O) groups excluding carboxylic acids is 2. The van der Waals surface area contributed by atoms with E-state index in [4.69, 9.17) is 0 Å². The third-order valence-electron chi connectivity index (χ3n) is 4.78. The number of rotatable bonds is 3. The molecule has 2 amide bonds. The van der Waals surface area contributed by atoms with Crippen molar-refractivity contribution in [1.82, 2.24) is 19.6 Å². The number of aryl methyl sites for hydroxylation is 1. The molecule has 0 radical (unpaired) electrons. The maximum Gasteiger partial charge on any atom is 0.257 e. The van der Waals surface area contributed by atoms with Gasteiger partial charge in [-0.25, -0.2) is 0 Å². The largest absolute Gasteiger partial charge is 0.339 e. The maximum absolute atomic E-state index is 13.0. The van der Waals surface area contributed by atoms with E-state index in [-0.39, 0.29) is 11.8 Å². The van der Waals surface area contributed by atoms with Gasteiger partial charge >= 0.3 is 0 Å². The second kappa shape index (κ2) is 7.09. The maximum atomic E-state index is 13.0. The van der Waals surface area contributed by atoms with Gasteiger partial charge < -0.3 is 9.80 Å². The van der Waals surface area contributed by atoms with Crippen molar-refractivity contribution in [3.63, 3.8) is 0 Å². The van der Waals surface area contributed by atoms with Crippen LogP contribution in [0.15, 0.2) is 30.3 Å². The molecule has 1 aliphatic heterocycles. The summed E-state index contributed by atoms with van der Waals surface area (Å²) < 4.78 is 1.89. The molecule has 1 fully saturated rings. The predicted octanol–water partition coefficient (Wildman–Crippen LogP) is 1.85. The molecule has 1 saturated heterocycles. The molecular formula is C19H24N4O2. The first-order chi connectivity index (χ1) is 12.0. The molecule has 2 aromatic rings. The molecule has 132 valence electrons. The van der Waals surface area contributed by atoms with Gasteiger partial charge in [0.2, 0.25) is 5.91 Å². The Bertz CT molecular complexity index is 774. The van der Waals surface area contributed by atoms with Gasteiger partial charge in [-0.05, 0) is 19.4 Å². The molecule has 25 heavy (non-hydrogen) atoms. The Balaban J connectivity index is 1.76. The molecule has 1 aliphatic rings.